The predicted molar refractivity (Wildman–Crippen MR) is 103 cm³/mol. The lowest BCUT2D eigenvalue weighted by molar-refractivity contribution is -0.116. The van der Waals surface area contributed by atoms with Gasteiger partial charge in [-0.2, -0.15) is 0 Å². The van der Waals surface area contributed by atoms with E-state index in [2.05, 4.69) is 10.6 Å². The number of amides is 3. The topological polar surface area (TPSA) is 93.4 Å². The molecule has 0 fully saturated rings. The third kappa shape index (κ3) is 4.89. The number of carbonyl (C=O) groups is 2. The second-order valence-electron chi connectivity index (χ2n) is 5.97. The Morgan fingerprint density at radius 3 is 2.50 bits per heavy atom. The maximum atomic E-state index is 12.6. The van der Waals surface area contributed by atoms with Crippen LogP contribution in [0.25, 0.3) is 0 Å². The van der Waals surface area contributed by atoms with Gasteiger partial charge in [0.1, 0.15) is 5.75 Å². The number of methoxy groups -OCH3 is 1. The summed E-state index contributed by atoms with van der Waals surface area (Å²) in [5, 5.41) is 5.99. The molecule has 0 saturated carbocycles. The summed E-state index contributed by atoms with van der Waals surface area (Å²) in [5.74, 6) is 0.177. The van der Waals surface area contributed by atoms with E-state index in [1.807, 2.05) is 38.1 Å². The zero-order valence-corrected chi connectivity index (χ0v) is 15.7. The molecule has 1 unspecified atom stereocenters. The molecular formula is C19H22ClN3O3. The third-order valence-corrected chi connectivity index (χ3v) is 4.43. The Balaban J connectivity index is 2.22. The highest BCUT2D eigenvalue weighted by Gasteiger charge is 2.20. The van der Waals surface area contributed by atoms with Crippen molar-refractivity contribution in [1.29, 1.82) is 0 Å². The number of carbonyl (C=O) groups excluding carboxylic acids is 2. The summed E-state index contributed by atoms with van der Waals surface area (Å²) in [7, 11) is 1.50. The summed E-state index contributed by atoms with van der Waals surface area (Å²) >= 11 is 6.09. The normalized spacial score (nSPS) is 11.5. The number of urea groups is 1. The van der Waals surface area contributed by atoms with Gasteiger partial charge in [0.2, 0.25) is 5.91 Å². The highest BCUT2D eigenvalue weighted by atomic mass is 35.5. The molecule has 7 heteroatoms. The van der Waals surface area contributed by atoms with Crippen LogP contribution in [0.15, 0.2) is 36.4 Å². The number of nitrogens with two attached hydrogens (primary N) is 1. The van der Waals surface area contributed by atoms with E-state index in [1.165, 1.54) is 7.11 Å². The highest BCUT2D eigenvalue weighted by molar-refractivity contribution is 6.31. The first-order valence-corrected chi connectivity index (χ1v) is 8.45. The van der Waals surface area contributed by atoms with Gasteiger partial charge < -0.3 is 21.1 Å². The molecule has 2 rings (SSSR count). The van der Waals surface area contributed by atoms with E-state index in [-0.39, 0.29) is 12.3 Å². The Morgan fingerprint density at radius 2 is 1.88 bits per heavy atom. The number of primary amides is 1. The monoisotopic (exact) mass is 375 g/mol. The largest absolute Gasteiger partial charge is 0.495 e. The van der Waals surface area contributed by atoms with Crippen molar-refractivity contribution in [2.45, 2.75) is 26.3 Å². The zero-order chi connectivity index (χ0) is 19.3. The Bertz CT molecular complexity index is 824. The molecule has 4 N–H and O–H groups in total. The van der Waals surface area contributed by atoms with Gasteiger partial charge in [-0.25, -0.2) is 4.79 Å². The lowest BCUT2D eigenvalue weighted by Crippen LogP contribution is -2.35. The predicted octanol–water partition coefficient (Wildman–Crippen LogP) is 3.70. The van der Waals surface area contributed by atoms with Crippen LogP contribution in [0, 0.1) is 13.8 Å². The van der Waals surface area contributed by atoms with Gasteiger partial charge in [0.05, 0.1) is 25.3 Å². The SMILES string of the molecule is COc1cc(Cl)c(C)cc1NC(=O)CC(NC(N)=O)c1ccccc1C. The Kier molecular flexibility index (Phi) is 6.46. The first kappa shape index (κ1) is 19.6. The first-order valence-electron chi connectivity index (χ1n) is 8.07. The van der Waals surface area contributed by atoms with Crippen molar-refractivity contribution in [3.63, 3.8) is 0 Å². The quantitative estimate of drug-likeness (QED) is 0.718. The van der Waals surface area contributed by atoms with E-state index in [4.69, 9.17) is 22.1 Å². The van der Waals surface area contributed by atoms with Crippen molar-refractivity contribution in [2.75, 3.05) is 12.4 Å². The van der Waals surface area contributed by atoms with Crippen LogP contribution >= 0.6 is 11.6 Å². The van der Waals surface area contributed by atoms with Crippen molar-refractivity contribution in [2.24, 2.45) is 5.73 Å². The van der Waals surface area contributed by atoms with Crippen LogP contribution in [0.3, 0.4) is 0 Å². The van der Waals surface area contributed by atoms with Gasteiger partial charge in [-0.3, -0.25) is 4.79 Å². The molecular weight excluding hydrogens is 354 g/mol. The summed E-state index contributed by atoms with van der Waals surface area (Å²) in [6, 6.07) is 9.67. The zero-order valence-electron chi connectivity index (χ0n) is 14.9. The molecule has 1 atom stereocenters. The van der Waals surface area contributed by atoms with Crippen molar-refractivity contribution in [3.05, 3.63) is 58.1 Å². The smallest absolute Gasteiger partial charge is 0.312 e. The van der Waals surface area contributed by atoms with Gasteiger partial charge in [-0.1, -0.05) is 35.9 Å². The highest BCUT2D eigenvalue weighted by Crippen LogP contribution is 2.31. The second-order valence-corrected chi connectivity index (χ2v) is 6.38. The van der Waals surface area contributed by atoms with Gasteiger partial charge in [-0.05, 0) is 36.6 Å². The van der Waals surface area contributed by atoms with Gasteiger partial charge in [0, 0.05) is 11.1 Å². The second kappa shape index (κ2) is 8.58. The molecule has 0 aliphatic rings. The van der Waals surface area contributed by atoms with Crippen molar-refractivity contribution >= 4 is 29.2 Å². The number of benzene rings is 2. The molecule has 3 amide bonds. The third-order valence-electron chi connectivity index (χ3n) is 4.02. The molecule has 0 saturated heterocycles. The summed E-state index contributed by atoms with van der Waals surface area (Å²) < 4.78 is 5.27. The van der Waals surface area contributed by atoms with Crippen molar-refractivity contribution in [3.8, 4) is 5.75 Å². The molecule has 2 aromatic rings. The fourth-order valence-electron chi connectivity index (χ4n) is 2.70. The number of nitrogens with one attached hydrogen (secondary N) is 2. The average Bonchev–Trinajstić information content (AvgIpc) is 2.57. The summed E-state index contributed by atoms with van der Waals surface area (Å²) in [6.07, 6.45) is 0.0264. The fourth-order valence-corrected chi connectivity index (χ4v) is 2.86. The number of halogens is 1. The number of rotatable bonds is 6. The maximum absolute atomic E-state index is 12.6. The molecule has 0 aromatic heterocycles. The van der Waals surface area contributed by atoms with Gasteiger partial charge in [0.15, 0.2) is 0 Å². The molecule has 0 radical (unpaired) electrons. The van der Waals surface area contributed by atoms with Crippen LogP contribution < -0.4 is 21.1 Å². The van der Waals surface area contributed by atoms with Crippen LogP contribution in [0.2, 0.25) is 5.02 Å². The number of ether oxygens (including phenoxy) is 1. The Morgan fingerprint density at radius 1 is 1.19 bits per heavy atom. The minimum atomic E-state index is -0.689. The molecule has 0 aliphatic heterocycles. The molecule has 0 spiro atoms. The molecule has 6 nitrogen and oxygen atoms in total. The van der Waals surface area contributed by atoms with E-state index < -0.39 is 12.1 Å². The summed E-state index contributed by atoms with van der Waals surface area (Å²) in [5.41, 5.74) is 8.40. The lowest BCUT2D eigenvalue weighted by atomic mass is 9.98. The minimum absolute atomic E-state index is 0.0264. The summed E-state index contributed by atoms with van der Waals surface area (Å²) in [6.45, 7) is 3.75. The summed E-state index contributed by atoms with van der Waals surface area (Å²) in [4.78, 5) is 23.9. The Labute approximate surface area is 157 Å². The standard InChI is InChI=1S/C19H22ClN3O3/c1-11-6-4-5-7-13(11)15(23-19(21)25)10-18(24)22-16-8-12(2)14(20)9-17(16)26-3/h4-9,15H,10H2,1-3H3,(H,22,24)(H3,21,23,25). The van der Waals surface area contributed by atoms with Crippen LogP contribution in [0.5, 0.6) is 5.75 Å². The fraction of sp³-hybridized carbons (Fsp3) is 0.263. The number of hydrogen-bond acceptors (Lipinski definition) is 3. The average molecular weight is 376 g/mol. The number of anilines is 1. The minimum Gasteiger partial charge on any atom is -0.495 e. The van der Waals surface area contributed by atoms with E-state index in [0.717, 1.165) is 16.7 Å². The molecule has 0 bridgehead atoms. The van der Waals surface area contributed by atoms with E-state index in [0.29, 0.717) is 16.5 Å². The van der Waals surface area contributed by atoms with Crippen molar-refractivity contribution < 1.29 is 14.3 Å². The van der Waals surface area contributed by atoms with Crippen molar-refractivity contribution in [1.82, 2.24) is 5.32 Å². The Hall–Kier alpha value is -2.73. The van der Waals surface area contributed by atoms with E-state index >= 15 is 0 Å². The molecule has 26 heavy (non-hydrogen) atoms. The van der Waals surface area contributed by atoms with Crippen LogP contribution in [0.1, 0.15) is 29.2 Å². The van der Waals surface area contributed by atoms with Gasteiger partial charge in [0.25, 0.3) is 0 Å². The number of aryl methyl sites for hydroxylation is 2. The first-order chi connectivity index (χ1) is 12.3. The lowest BCUT2D eigenvalue weighted by Gasteiger charge is -2.20. The van der Waals surface area contributed by atoms with E-state index in [1.54, 1.807) is 12.1 Å². The van der Waals surface area contributed by atoms with Crippen LogP contribution in [0.4, 0.5) is 10.5 Å². The molecule has 2 aromatic carbocycles. The van der Waals surface area contributed by atoms with E-state index in [9.17, 15) is 9.59 Å². The van der Waals surface area contributed by atoms with Crippen LogP contribution in [-0.4, -0.2) is 19.0 Å². The molecule has 0 heterocycles. The molecule has 0 aliphatic carbocycles. The van der Waals surface area contributed by atoms with Gasteiger partial charge >= 0.3 is 6.03 Å². The molecule has 138 valence electrons. The van der Waals surface area contributed by atoms with Crippen LogP contribution in [-0.2, 0) is 4.79 Å². The maximum Gasteiger partial charge on any atom is 0.312 e. The number of hydrogen-bond donors (Lipinski definition) is 3. The van der Waals surface area contributed by atoms with Gasteiger partial charge in [-0.15, -0.1) is 0 Å².